The molecular formula is C12H14O5. The summed E-state index contributed by atoms with van der Waals surface area (Å²) in [6, 6.07) is 6.76. The predicted molar refractivity (Wildman–Crippen MR) is 59.8 cm³/mol. The van der Waals surface area contributed by atoms with Gasteiger partial charge in [-0.2, -0.15) is 0 Å². The number of hydrogen-bond acceptors (Lipinski definition) is 3. The smallest absolute Gasteiger partial charge is 0.311 e. The average Bonchev–Trinajstić information content (AvgIpc) is 2.26. The monoisotopic (exact) mass is 238 g/mol. The van der Waals surface area contributed by atoms with Gasteiger partial charge in [0, 0.05) is 7.11 Å². The first kappa shape index (κ1) is 13.2. The highest BCUT2D eigenvalue weighted by Crippen LogP contribution is 2.21. The molecule has 0 aliphatic heterocycles. The zero-order chi connectivity index (χ0) is 12.8. The zero-order valence-electron chi connectivity index (χ0n) is 9.42. The van der Waals surface area contributed by atoms with Crippen LogP contribution < -0.4 is 0 Å². The fourth-order valence-corrected chi connectivity index (χ4v) is 1.59. The van der Waals surface area contributed by atoms with Gasteiger partial charge < -0.3 is 14.9 Å². The lowest BCUT2D eigenvalue weighted by Crippen LogP contribution is -2.16. The Hall–Kier alpha value is -1.88. The lowest BCUT2D eigenvalue weighted by molar-refractivity contribution is -0.145. The van der Waals surface area contributed by atoms with Crippen molar-refractivity contribution in [3.05, 3.63) is 35.4 Å². The van der Waals surface area contributed by atoms with Gasteiger partial charge >= 0.3 is 11.9 Å². The quantitative estimate of drug-likeness (QED) is 0.784. The number of carbonyl (C=O) groups is 2. The number of rotatable bonds is 6. The Morgan fingerprint density at radius 3 is 2.59 bits per heavy atom. The standard InChI is InChI=1S/C12H14O5/c1-17-7-8-3-2-4-9(5-8)10(12(15)16)6-11(13)14/h2-5,10H,6-7H2,1H3,(H,13,14)(H,15,16). The molecule has 0 radical (unpaired) electrons. The molecule has 0 bridgehead atoms. The third kappa shape index (κ3) is 3.88. The van der Waals surface area contributed by atoms with Gasteiger partial charge in [-0.15, -0.1) is 0 Å². The van der Waals surface area contributed by atoms with Gasteiger partial charge in [0.2, 0.25) is 0 Å². The first-order chi connectivity index (χ1) is 8.04. The molecule has 1 unspecified atom stereocenters. The molecule has 1 rings (SSSR count). The number of carboxylic acids is 2. The molecule has 0 aromatic heterocycles. The minimum absolute atomic E-state index is 0.368. The van der Waals surface area contributed by atoms with Gasteiger partial charge in [-0.05, 0) is 11.1 Å². The van der Waals surface area contributed by atoms with E-state index in [1.165, 1.54) is 0 Å². The van der Waals surface area contributed by atoms with E-state index in [-0.39, 0.29) is 0 Å². The molecule has 1 aromatic carbocycles. The van der Waals surface area contributed by atoms with Crippen molar-refractivity contribution in [2.75, 3.05) is 7.11 Å². The maximum absolute atomic E-state index is 11.0. The van der Waals surface area contributed by atoms with Gasteiger partial charge in [-0.1, -0.05) is 24.3 Å². The molecule has 2 N–H and O–H groups in total. The van der Waals surface area contributed by atoms with Crippen LogP contribution in [0.4, 0.5) is 0 Å². The number of ether oxygens (including phenoxy) is 1. The summed E-state index contributed by atoms with van der Waals surface area (Å²) in [6.45, 7) is 0.368. The van der Waals surface area contributed by atoms with Crippen LogP contribution in [0, 0.1) is 0 Å². The average molecular weight is 238 g/mol. The van der Waals surface area contributed by atoms with E-state index in [4.69, 9.17) is 14.9 Å². The predicted octanol–water partition coefficient (Wildman–Crippen LogP) is 1.48. The maximum Gasteiger partial charge on any atom is 0.311 e. The van der Waals surface area contributed by atoms with E-state index in [0.717, 1.165) is 5.56 Å². The normalized spacial score (nSPS) is 12.1. The van der Waals surface area contributed by atoms with Crippen LogP contribution >= 0.6 is 0 Å². The van der Waals surface area contributed by atoms with Gasteiger partial charge in [-0.3, -0.25) is 9.59 Å². The van der Waals surface area contributed by atoms with E-state index < -0.39 is 24.3 Å². The highest BCUT2D eigenvalue weighted by molar-refractivity contribution is 5.82. The molecule has 17 heavy (non-hydrogen) atoms. The number of aliphatic carboxylic acids is 2. The van der Waals surface area contributed by atoms with Gasteiger partial charge in [-0.25, -0.2) is 0 Å². The molecule has 1 aromatic rings. The number of hydrogen-bond donors (Lipinski definition) is 2. The van der Waals surface area contributed by atoms with E-state index in [1.54, 1.807) is 31.4 Å². The van der Waals surface area contributed by atoms with Crippen LogP contribution in [0.2, 0.25) is 0 Å². The fourth-order valence-electron chi connectivity index (χ4n) is 1.59. The van der Waals surface area contributed by atoms with Crippen molar-refractivity contribution >= 4 is 11.9 Å². The largest absolute Gasteiger partial charge is 0.481 e. The van der Waals surface area contributed by atoms with E-state index in [2.05, 4.69) is 0 Å². The Bertz CT molecular complexity index is 413. The van der Waals surface area contributed by atoms with Crippen molar-refractivity contribution in [1.29, 1.82) is 0 Å². The lowest BCUT2D eigenvalue weighted by Gasteiger charge is -2.11. The van der Waals surface area contributed by atoms with Crippen molar-refractivity contribution in [3.8, 4) is 0 Å². The fraction of sp³-hybridized carbons (Fsp3) is 0.333. The highest BCUT2D eigenvalue weighted by atomic mass is 16.5. The molecule has 1 atom stereocenters. The molecule has 5 nitrogen and oxygen atoms in total. The highest BCUT2D eigenvalue weighted by Gasteiger charge is 2.23. The van der Waals surface area contributed by atoms with Gasteiger partial charge in [0.05, 0.1) is 18.9 Å². The number of methoxy groups -OCH3 is 1. The molecule has 0 saturated heterocycles. The molecule has 0 amide bonds. The summed E-state index contributed by atoms with van der Waals surface area (Å²) < 4.78 is 4.94. The summed E-state index contributed by atoms with van der Waals surface area (Å²) in [5, 5.41) is 17.7. The molecule has 0 aliphatic carbocycles. The summed E-state index contributed by atoms with van der Waals surface area (Å²) in [5.74, 6) is -3.29. The van der Waals surface area contributed by atoms with Crippen molar-refractivity contribution in [2.45, 2.75) is 18.9 Å². The summed E-state index contributed by atoms with van der Waals surface area (Å²) >= 11 is 0. The Balaban J connectivity index is 2.97. The number of carboxylic acid groups (broad SMARTS) is 2. The summed E-state index contributed by atoms with van der Waals surface area (Å²) in [7, 11) is 1.54. The molecule has 5 heteroatoms. The topological polar surface area (TPSA) is 83.8 Å². The molecule has 0 saturated carbocycles. The van der Waals surface area contributed by atoms with Crippen LogP contribution in [0.25, 0.3) is 0 Å². The molecular weight excluding hydrogens is 224 g/mol. The van der Waals surface area contributed by atoms with Crippen molar-refractivity contribution < 1.29 is 24.5 Å². The Labute approximate surface area is 98.6 Å². The Kier molecular flexibility index (Phi) is 4.66. The second kappa shape index (κ2) is 6.00. The van der Waals surface area contributed by atoms with E-state index >= 15 is 0 Å². The second-order valence-corrected chi connectivity index (χ2v) is 3.67. The van der Waals surface area contributed by atoms with Gasteiger partial charge in [0.1, 0.15) is 0 Å². The number of benzene rings is 1. The lowest BCUT2D eigenvalue weighted by atomic mass is 9.94. The van der Waals surface area contributed by atoms with Crippen LogP contribution in [0.15, 0.2) is 24.3 Å². The van der Waals surface area contributed by atoms with Gasteiger partial charge in [0.15, 0.2) is 0 Å². The first-order valence-corrected chi connectivity index (χ1v) is 5.07. The van der Waals surface area contributed by atoms with Gasteiger partial charge in [0.25, 0.3) is 0 Å². The van der Waals surface area contributed by atoms with Crippen LogP contribution in [-0.2, 0) is 20.9 Å². The van der Waals surface area contributed by atoms with Crippen LogP contribution in [0.5, 0.6) is 0 Å². The summed E-state index contributed by atoms with van der Waals surface area (Å²) in [5.41, 5.74) is 1.30. The van der Waals surface area contributed by atoms with Crippen molar-refractivity contribution in [3.63, 3.8) is 0 Å². The van der Waals surface area contributed by atoms with Crippen LogP contribution in [0.3, 0.4) is 0 Å². The minimum Gasteiger partial charge on any atom is -0.481 e. The van der Waals surface area contributed by atoms with E-state index in [0.29, 0.717) is 12.2 Å². The first-order valence-electron chi connectivity index (χ1n) is 5.07. The van der Waals surface area contributed by atoms with Crippen molar-refractivity contribution in [2.24, 2.45) is 0 Å². The molecule has 0 heterocycles. The summed E-state index contributed by atoms with van der Waals surface area (Å²) in [6.07, 6.45) is -0.425. The molecule has 92 valence electrons. The summed E-state index contributed by atoms with van der Waals surface area (Å²) in [4.78, 5) is 21.6. The van der Waals surface area contributed by atoms with Crippen LogP contribution in [-0.4, -0.2) is 29.3 Å². The van der Waals surface area contributed by atoms with Crippen LogP contribution in [0.1, 0.15) is 23.5 Å². The van der Waals surface area contributed by atoms with Crippen molar-refractivity contribution in [1.82, 2.24) is 0 Å². The molecule has 0 aliphatic rings. The van der Waals surface area contributed by atoms with E-state index in [1.807, 2.05) is 0 Å². The minimum atomic E-state index is -1.14. The Morgan fingerprint density at radius 1 is 1.35 bits per heavy atom. The molecule has 0 fully saturated rings. The Morgan fingerprint density at radius 2 is 2.06 bits per heavy atom. The third-order valence-corrected chi connectivity index (χ3v) is 2.34. The molecule has 0 spiro atoms. The zero-order valence-corrected chi connectivity index (χ0v) is 9.42. The van der Waals surface area contributed by atoms with E-state index in [9.17, 15) is 9.59 Å². The SMILES string of the molecule is COCc1cccc(C(CC(=O)O)C(=O)O)c1. The third-order valence-electron chi connectivity index (χ3n) is 2.34. The second-order valence-electron chi connectivity index (χ2n) is 3.67. The maximum atomic E-state index is 11.0.